The van der Waals surface area contributed by atoms with Crippen LogP contribution in [0.15, 0.2) is 0 Å². The highest BCUT2D eigenvalue weighted by Gasteiger charge is 2.30. The van der Waals surface area contributed by atoms with Crippen molar-refractivity contribution in [2.75, 3.05) is 0 Å². The van der Waals surface area contributed by atoms with E-state index in [0.29, 0.717) is 12.7 Å². The molecule has 0 saturated heterocycles. The maximum absolute atomic E-state index is 12.9. The zero-order chi connectivity index (χ0) is 29.1. The lowest BCUT2D eigenvalue weighted by Crippen LogP contribution is -2.56. The third-order valence-corrected chi connectivity index (χ3v) is 6.11. The van der Waals surface area contributed by atoms with Gasteiger partial charge in [0.05, 0.1) is 25.0 Å². The molecule has 0 aliphatic heterocycles. The van der Waals surface area contributed by atoms with Crippen molar-refractivity contribution in [1.82, 2.24) is 16.0 Å². The molecule has 12 nitrogen and oxygen atoms in total. The number of hydrogen-bond acceptors (Lipinski definition) is 7. The molecule has 0 saturated carbocycles. The average molecular weight is 542 g/mol. The van der Waals surface area contributed by atoms with E-state index in [0.717, 1.165) is 25.7 Å². The molecule has 0 aromatic rings. The number of amides is 5. The summed E-state index contributed by atoms with van der Waals surface area (Å²) >= 11 is 0. The SMILES string of the molecule is CCCCCCCCCC(O)CC(=O)NC(CC(N)=O)C(=O)NC(CCC(N)=O)C(=O)NC(C=O)C(C)C. The summed E-state index contributed by atoms with van der Waals surface area (Å²) in [4.78, 5) is 72.2. The molecule has 12 heteroatoms. The maximum Gasteiger partial charge on any atom is 0.243 e. The van der Waals surface area contributed by atoms with E-state index < -0.39 is 60.2 Å². The van der Waals surface area contributed by atoms with Gasteiger partial charge in [0.25, 0.3) is 0 Å². The van der Waals surface area contributed by atoms with E-state index in [1.165, 1.54) is 19.3 Å². The van der Waals surface area contributed by atoms with Crippen LogP contribution in [-0.2, 0) is 28.8 Å². The average Bonchev–Trinajstić information content (AvgIpc) is 2.83. The summed E-state index contributed by atoms with van der Waals surface area (Å²) in [5.41, 5.74) is 10.4. The van der Waals surface area contributed by atoms with Gasteiger partial charge in [-0.1, -0.05) is 65.7 Å². The van der Waals surface area contributed by atoms with Crippen LogP contribution in [0.5, 0.6) is 0 Å². The Balaban J connectivity index is 5.09. The first-order valence-electron chi connectivity index (χ1n) is 13.5. The minimum absolute atomic E-state index is 0.162. The number of carbonyl (C=O) groups is 6. The van der Waals surface area contributed by atoms with Crippen molar-refractivity contribution in [2.45, 2.75) is 122 Å². The van der Waals surface area contributed by atoms with Crippen LogP contribution in [-0.4, -0.2) is 65.2 Å². The minimum atomic E-state index is -1.40. The van der Waals surface area contributed by atoms with Crippen molar-refractivity contribution >= 4 is 35.8 Å². The first kappa shape index (κ1) is 35.0. The second-order valence-corrected chi connectivity index (χ2v) is 10.0. The van der Waals surface area contributed by atoms with Crippen LogP contribution < -0.4 is 27.4 Å². The Bertz CT molecular complexity index is 775. The van der Waals surface area contributed by atoms with Crippen LogP contribution in [0.3, 0.4) is 0 Å². The number of rotatable bonds is 22. The van der Waals surface area contributed by atoms with Crippen molar-refractivity contribution in [3.8, 4) is 0 Å². The second-order valence-electron chi connectivity index (χ2n) is 10.0. The molecule has 0 rings (SSSR count). The molecule has 0 aromatic heterocycles. The van der Waals surface area contributed by atoms with Gasteiger partial charge in [-0.25, -0.2) is 0 Å². The van der Waals surface area contributed by atoms with Crippen LogP contribution in [0.25, 0.3) is 0 Å². The summed E-state index contributed by atoms with van der Waals surface area (Å²) in [7, 11) is 0. The molecule has 0 aliphatic rings. The van der Waals surface area contributed by atoms with E-state index in [1.807, 2.05) is 0 Å². The number of aldehydes is 1. The lowest BCUT2D eigenvalue weighted by Gasteiger charge is -2.25. The van der Waals surface area contributed by atoms with Crippen LogP contribution in [0.4, 0.5) is 0 Å². The number of carbonyl (C=O) groups excluding carboxylic acids is 6. The van der Waals surface area contributed by atoms with Crippen molar-refractivity contribution in [3.63, 3.8) is 0 Å². The summed E-state index contributed by atoms with van der Waals surface area (Å²) in [5, 5.41) is 17.5. The Morgan fingerprint density at radius 2 is 1.34 bits per heavy atom. The van der Waals surface area contributed by atoms with Gasteiger partial charge >= 0.3 is 0 Å². The molecular weight excluding hydrogens is 494 g/mol. The van der Waals surface area contributed by atoms with Gasteiger partial charge in [-0.3, -0.25) is 24.0 Å². The molecule has 4 unspecified atom stereocenters. The molecule has 0 aromatic carbocycles. The molecule has 0 heterocycles. The van der Waals surface area contributed by atoms with Gasteiger partial charge in [-0.15, -0.1) is 0 Å². The van der Waals surface area contributed by atoms with Crippen LogP contribution in [0.2, 0.25) is 0 Å². The number of aliphatic hydroxyl groups excluding tert-OH is 1. The smallest absolute Gasteiger partial charge is 0.243 e. The highest BCUT2D eigenvalue weighted by atomic mass is 16.3. The highest BCUT2D eigenvalue weighted by molar-refractivity contribution is 5.95. The third-order valence-electron chi connectivity index (χ3n) is 6.11. The molecule has 218 valence electrons. The zero-order valence-corrected chi connectivity index (χ0v) is 23.0. The van der Waals surface area contributed by atoms with Crippen LogP contribution in [0.1, 0.15) is 97.8 Å². The number of aliphatic hydroxyl groups is 1. The highest BCUT2D eigenvalue weighted by Crippen LogP contribution is 2.11. The largest absolute Gasteiger partial charge is 0.393 e. The summed E-state index contributed by atoms with van der Waals surface area (Å²) in [6.45, 7) is 5.59. The molecule has 0 bridgehead atoms. The number of primary amides is 2. The Kier molecular flexibility index (Phi) is 18.4. The predicted molar refractivity (Wildman–Crippen MR) is 142 cm³/mol. The molecule has 0 fully saturated rings. The lowest BCUT2D eigenvalue weighted by atomic mass is 10.0. The number of nitrogens with one attached hydrogen (secondary N) is 3. The Morgan fingerprint density at radius 1 is 0.763 bits per heavy atom. The van der Waals surface area contributed by atoms with Gasteiger partial charge in [0.1, 0.15) is 18.4 Å². The number of unbranched alkanes of at least 4 members (excludes halogenated alkanes) is 6. The molecule has 0 aliphatic carbocycles. The maximum atomic E-state index is 12.9. The summed E-state index contributed by atoms with van der Waals surface area (Å²) in [5.74, 6) is -4.05. The minimum Gasteiger partial charge on any atom is -0.393 e. The van der Waals surface area contributed by atoms with Crippen molar-refractivity contribution < 1.29 is 33.9 Å². The van der Waals surface area contributed by atoms with E-state index in [-0.39, 0.29) is 25.2 Å². The van der Waals surface area contributed by atoms with Crippen molar-refractivity contribution in [1.29, 1.82) is 0 Å². The van der Waals surface area contributed by atoms with Gasteiger partial charge < -0.3 is 37.3 Å². The van der Waals surface area contributed by atoms with Gasteiger partial charge in [0.15, 0.2) is 0 Å². The van der Waals surface area contributed by atoms with E-state index in [4.69, 9.17) is 11.5 Å². The van der Waals surface area contributed by atoms with Gasteiger partial charge in [-0.2, -0.15) is 0 Å². The Hall–Kier alpha value is -3.02. The van der Waals surface area contributed by atoms with E-state index in [1.54, 1.807) is 13.8 Å². The monoisotopic (exact) mass is 541 g/mol. The molecule has 8 N–H and O–H groups in total. The molecule has 0 spiro atoms. The fraction of sp³-hybridized carbons (Fsp3) is 0.769. The Morgan fingerprint density at radius 3 is 1.87 bits per heavy atom. The summed E-state index contributed by atoms with van der Waals surface area (Å²) < 4.78 is 0. The number of hydrogen-bond donors (Lipinski definition) is 6. The van der Waals surface area contributed by atoms with Crippen LogP contribution in [0, 0.1) is 5.92 Å². The Labute approximate surface area is 225 Å². The summed E-state index contributed by atoms with van der Waals surface area (Å²) in [6.07, 6.45) is 6.35. The fourth-order valence-electron chi connectivity index (χ4n) is 3.77. The van der Waals surface area contributed by atoms with Crippen molar-refractivity contribution in [3.05, 3.63) is 0 Å². The zero-order valence-electron chi connectivity index (χ0n) is 23.0. The fourth-order valence-corrected chi connectivity index (χ4v) is 3.77. The predicted octanol–water partition coefficient (Wildman–Crippen LogP) is 0.328. The third kappa shape index (κ3) is 16.7. The molecular formula is C26H47N5O7. The molecule has 4 atom stereocenters. The standard InChI is InChI=1S/C26H47N5O7/c1-4-5-6-7-8-9-10-11-18(33)14-24(36)29-20(15-23(28)35)26(38)30-19(12-13-22(27)34)25(37)31-21(16-32)17(2)3/h16-21,33H,4-15H2,1-3H3,(H2,27,34)(H2,28,35)(H,29,36)(H,30,38)(H,31,37). The molecule has 0 radical (unpaired) electrons. The van der Waals surface area contributed by atoms with Gasteiger partial charge in [0, 0.05) is 6.42 Å². The second kappa shape index (κ2) is 20.0. The molecule has 5 amide bonds. The first-order valence-corrected chi connectivity index (χ1v) is 13.5. The normalized spacial score (nSPS) is 14.1. The topological polar surface area (TPSA) is 211 Å². The first-order chi connectivity index (χ1) is 17.9. The van der Waals surface area contributed by atoms with Gasteiger partial charge in [0.2, 0.25) is 29.5 Å². The molecule has 38 heavy (non-hydrogen) atoms. The van der Waals surface area contributed by atoms with Crippen molar-refractivity contribution in [2.24, 2.45) is 17.4 Å². The van der Waals surface area contributed by atoms with E-state index >= 15 is 0 Å². The van der Waals surface area contributed by atoms with Crippen LogP contribution >= 0.6 is 0 Å². The lowest BCUT2D eigenvalue weighted by molar-refractivity contribution is -0.134. The van der Waals surface area contributed by atoms with E-state index in [2.05, 4.69) is 22.9 Å². The quantitative estimate of drug-likeness (QED) is 0.0834. The van der Waals surface area contributed by atoms with E-state index in [9.17, 15) is 33.9 Å². The summed E-state index contributed by atoms with van der Waals surface area (Å²) in [6, 6.07) is -3.48. The number of nitrogens with two attached hydrogens (primary N) is 2. The van der Waals surface area contributed by atoms with Gasteiger partial charge in [-0.05, 0) is 18.8 Å².